The Bertz CT molecular complexity index is 374. The predicted octanol–water partition coefficient (Wildman–Crippen LogP) is 0.446. The van der Waals surface area contributed by atoms with Crippen molar-refractivity contribution in [3.63, 3.8) is 0 Å². The summed E-state index contributed by atoms with van der Waals surface area (Å²) < 4.78 is 4.78. The van der Waals surface area contributed by atoms with Crippen LogP contribution < -0.4 is 11.1 Å². The lowest BCUT2D eigenvalue weighted by Gasteiger charge is -2.11. The van der Waals surface area contributed by atoms with Crippen LogP contribution in [0.2, 0.25) is 0 Å². The fraction of sp³-hybridized carbons (Fsp3) is 0.417. The van der Waals surface area contributed by atoms with Gasteiger partial charge in [-0.25, -0.2) is 0 Å². The van der Waals surface area contributed by atoms with Crippen LogP contribution in [0.4, 0.5) is 0 Å². The van der Waals surface area contributed by atoms with Crippen molar-refractivity contribution in [1.82, 2.24) is 5.32 Å². The number of phenolic OH excluding ortho intramolecular Hbond substituents is 1. The second-order valence-electron chi connectivity index (χ2n) is 3.73. The Morgan fingerprint density at radius 1 is 1.50 bits per heavy atom. The number of nitrogens with two attached hydrogens (primary N) is 1. The number of aromatic hydroxyl groups is 1. The molecule has 0 aliphatic carbocycles. The minimum absolute atomic E-state index is 0. The summed E-state index contributed by atoms with van der Waals surface area (Å²) in [6.45, 7) is 0.635. The van der Waals surface area contributed by atoms with Gasteiger partial charge in [0.05, 0.1) is 6.61 Å². The van der Waals surface area contributed by atoms with Crippen molar-refractivity contribution in [3.05, 3.63) is 29.8 Å². The minimum atomic E-state index is -0.649. The van der Waals surface area contributed by atoms with Crippen LogP contribution in [0.15, 0.2) is 24.3 Å². The van der Waals surface area contributed by atoms with Crippen molar-refractivity contribution < 1.29 is 14.6 Å². The summed E-state index contributed by atoms with van der Waals surface area (Å²) in [4.78, 5) is 11.4. The summed E-state index contributed by atoms with van der Waals surface area (Å²) in [6.07, 6.45) is 0.568. The highest BCUT2D eigenvalue weighted by Gasteiger charge is 2.12. The van der Waals surface area contributed by atoms with Crippen LogP contribution in [0.5, 0.6) is 5.75 Å². The number of nitrogens with one attached hydrogen (secondary N) is 1. The maximum atomic E-state index is 11.4. The summed E-state index contributed by atoms with van der Waals surface area (Å²) in [5.74, 6) is -0.00906. The zero-order chi connectivity index (χ0) is 12.7. The topological polar surface area (TPSA) is 84.6 Å². The molecular weight excluding hydrogens is 256 g/mol. The number of phenols is 1. The van der Waals surface area contributed by atoms with E-state index >= 15 is 0 Å². The molecule has 0 radical (unpaired) electrons. The van der Waals surface area contributed by atoms with Gasteiger partial charge in [0.2, 0.25) is 5.91 Å². The van der Waals surface area contributed by atoms with E-state index < -0.39 is 6.04 Å². The van der Waals surface area contributed by atoms with Gasteiger partial charge in [0.15, 0.2) is 0 Å². The molecule has 1 unspecified atom stereocenters. The van der Waals surface area contributed by atoms with Gasteiger partial charge in [-0.3, -0.25) is 4.79 Å². The summed E-state index contributed by atoms with van der Waals surface area (Å²) >= 11 is 0. The zero-order valence-corrected chi connectivity index (χ0v) is 11.1. The number of hydrogen-bond donors (Lipinski definition) is 3. The average molecular weight is 275 g/mol. The van der Waals surface area contributed by atoms with Crippen LogP contribution in [0.3, 0.4) is 0 Å². The second kappa shape index (κ2) is 8.74. The lowest BCUT2D eigenvalue weighted by Crippen LogP contribution is -2.44. The van der Waals surface area contributed by atoms with Crippen molar-refractivity contribution in [3.8, 4) is 5.75 Å². The third-order valence-electron chi connectivity index (χ3n) is 2.37. The number of rotatable bonds is 6. The molecule has 0 aromatic heterocycles. The number of hydrogen-bond acceptors (Lipinski definition) is 4. The molecule has 1 atom stereocenters. The number of carbonyl (C=O) groups is 1. The Kier molecular flexibility index (Phi) is 8.11. The van der Waals surface area contributed by atoms with Crippen molar-refractivity contribution >= 4 is 18.3 Å². The van der Waals surface area contributed by atoms with Gasteiger partial charge >= 0.3 is 0 Å². The van der Waals surface area contributed by atoms with Gasteiger partial charge in [-0.1, -0.05) is 18.2 Å². The number of para-hydroxylation sites is 1. The van der Waals surface area contributed by atoms with Crippen molar-refractivity contribution in [2.24, 2.45) is 5.73 Å². The lowest BCUT2D eigenvalue weighted by atomic mass is 10.1. The molecule has 1 aromatic carbocycles. The highest BCUT2D eigenvalue weighted by atomic mass is 35.5. The van der Waals surface area contributed by atoms with Crippen molar-refractivity contribution in [1.29, 1.82) is 0 Å². The Labute approximate surface area is 113 Å². The van der Waals surface area contributed by atoms with E-state index in [1.54, 1.807) is 12.1 Å². The standard InChI is InChI=1S/C12H18N2O3.ClH/c1-17-8-10(13)12(16)14-7-6-9-4-2-3-5-11(9)15;/h2-5,10,15H,6-8,13H2,1H3,(H,14,16);1H. The van der Waals surface area contributed by atoms with E-state index in [1.165, 1.54) is 7.11 Å². The average Bonchev–Trinajstić information content (AvgIpc) is 2.31. The first-order chi connectivity index (χ1) is 8.15. The van der Waals surface area contributed by atoms with Crippen LogP contribution in [0.1, 0.15) is 5.56 Å². The molecule has 0 aliphatic heterocycles. The Morgan fingerprint density at radius 3 is 2.78 bits per heavy atom. The van der Waals surface area contributed by atoms with Gasteiger partial charge in [-0.15, -0.1) is 12.4 Å². The second-order valence-corrected chi connectivity index (χ2v) is 3.73. The molecular formula is C12H19ClN2O3. The van der Waals surface area contributed by atoms with E-state index in [0.29, 0.717) is 13.0 Å². The van der Waals surface area contributed by atoms with E-state index in [-0.39, 0.29) is 30.7 Å². The zero-order valence-electron chi connectivity index (χ0n) is 10.3. The molecule has 6 heteroatoms. The monoisotopic (exact) mass is 274 g/mol. The van der Waals surface area contributed by atoms with Gasteiger partial charge in [-0.05, 0) is 18.1 Å². The molecule has 0 aliphatic rings. The van der Waals surface area contributed by atoms with Crippen molar-refractivity contribution in [2.75, 3.05) is 20.3 Å². The third-order valence-corrected chi connectivity index (χ3v) is 2.37. The van der Waals surface area contributed by atoms with Crippen LogP contribution in [0.25, 0.3) is 0 Å². The smallest absolute Gasteiger partial charge is 0.239 e. The number of amides is 1. The molecule has 5 nitrogen and oxygen atoms in total. The highest BCUT2D eigenvalue weighted by molar-refractivity contribution is 5.85. The predicted molar refractivity (Wildman–Crippen MR) is 71.9 cm³/mol. The number of ether oxygens (including phenoxy) is 1. The largest absolute Gasteiger partial charge is 0.508 e. The van der Waals surface area contributed by atoms with Gasteiger partial charge in [0.25, 0.3) is 0 Å². The lowest BCUT2D eigenvalue weighted by molar-refractivity contribution is -0.123. The van der Waals surface area contributed by atoms with E-state index in [2.05, 4.69) is 5.32 Å². The van der Waals surface area contributed by atoms with E-state index in [9.17, 15) is 9.90 Å². The van der Waals surface area contributed by atoms with Gasteiger partial charge < -0.3 is 20.9 Å². The molecule has 0 saturated heterocycles. The van der Waals surface area contributed by atoms with E-state index in [1.807, 2.05) is 12.1 Å². The number of benzene rings is 1. The molecule has 0 spiro atoms. The molecule has 0 heterocycles. The molecule has 102 valence electrons. The molecule has 4 N–H and O–H groups in total. The number of halogens is 1. The summed E-state index contributed by atoms with van der Waals surface area (Å²) in [6, 6.07) is 6.38. The fourth-order valence-corrected chi connectivity index (χ4v) is 1.43. The Morgan fingerprint density at radius 2 is 2.17 bits per heavy atom. The van der Waals surface area contributed by atoms with E-state index in [4.69, 9.17) is 10.5 Å². The highest BCUT2D eigenvalue weighted by Crippen LogP contribution is 2.15. The first-order valence-electron chi connectivity index (χ1n) is 5.44. The van der Waals surface area contributed by atoms with E-state index in [0.717, 1.165) is 5.56 Å². The molecule has 0 saturated carbocycles. The number of methoxy groups -OCH3 is 1. The fourth-order valence-electron chi connectivity index (χ4n) is 1.43. The molecule has 18 heavy (non-hydrogen) atoms. The van der Waals surface area contributed by atoms with Crippen molar-refractivity contribution in [2.45, 2.75) is 12.5 Å². The van der Waals surface area contributed by atoms with Gasteiger partial charge in [-0.2, -0.15) is 0 Å². The van der Waals surface area contributed by atoms with Gasteiger partial charge in [0.1, 0.15) is 11.8 Å². The quantitative estimate of drug-likeness (QED) is 0.703. The Hall–Kier alpha value is -1.30. The maximum Gasteiger partial charge on any atom is 0.239 e. The van der Waals surface area contributed by atoms with Crippen LogP contribution in [-0.2, 0) is 16.0 Å². The third kappa shape index (κ3) is 5.35. The van der Waals surface area contributed by atoms with Gasteiger partial charge in [0, 0.05) is 13.7 Å². The summed E-state index contributed by atoms with van der Waals surface area (Å²) in [5.41, 5.74) is 6.35. The normalized spacial score (nSPS) is 11.4. The van der Waals surface area contributed by atoms with Crippen LogP contribution in [-0.4, -0.2) is 37.3 Å². The molecule has 0 fully saturated rings. The SMILES string of the molecule is COCC(N)C(=O)NCCc1ccccc1O.Cl. The Balaban J connectivity index is 0.00000289. The molecule has 1 rings (SSSR count). The first-order valence-corrected chi connectivity index (χ1v) is 5.44. The first kappa shape index (κ1) is 16.7. The summed E-state index contributed by atoms with van der Waals surface area (Å²) in [5, 5.41) is 12.2. The molecule has 0 bridgehead atoms. The minimum Gasteiger partial charge on any atom is -0.508 e. The molecule has 1 aromatic rings. The summed E-state index contributed by atoms with van der Waals surface area (Å²) in [7, 11) is 1.50. The molecule has 1 amide bonds. The number of carbonyl (C=O) groups excluding carboxylic acids is 1. The van der Waals surface area contributed by atoms with Crippen LogP contribution >= 0.6 is 12.4 Å². The van der Waals surface area contributed by atoms with Crippen LogP contribution in [0, 0.1) is 0 Å². The maximum absolute atomic E-state index is 11.4.